The maximum atomic E-state index is 12.3. The van der Waals surface area contributed by atoms with E-state index in [2.05, 4.69) is 39.9 Å². The molecule has 3 aromatic rings. The van der Waals surface area contributed by atoms with Crippen molar-refractivity contribution in [3.63, 3.8) is 0 Å². The second-order valence-corrected chi connectivity index (χ2v) is 5.85. The highest BCUT2D eigenvalue weighted by atomic mass is 16.1. The van der Waals surface area contributed by atoms with Gasteiger partial charge in [0.1, 0.15) is 5.82 Å². The summed E-state index contributed by atoms with van der Waals surface area (Å²) < 4.78 is 0. The van der Waals surface area contributed by atoms with Gasteiger partial charge in [0.15, 0.2) is 5.69 Å². The van der Waals surface area contributed by atoms with Crippen LogP contribution in [0.3, 0.4) is 0 Å². The normalized spacial score (nSPS) is 11.6. The fourth-order valence-corrected chi connectivity index (χ4v) is 2.48. The van der Waals surface area contributed by atoms with E-state index >= 15 is 0 Å². The third-order valence-corrected chi connectivity index (χ3v) is 3.95. The quantitative estimate of drug-likeness (QED) is 0.734. The highest BCUT2D eigenvalue weighted by Gasteiger charge is 2.11. The first kappa shape index (κ1) is 16.6. The lowest BCUT2D eigenvalue weighted by Gasteiger charge is -2.14. The minimum atomic E-state index is -0.274. The molecule has 2 N–H and O–H groups in total. The molecule has 1 aromatic heterocycles. The van der Waals surface area contributed by atoms with Gasteiger partial charge >= 0.3 is 0 Å². The van der Waals surface area contributed by atoms with E-state index in [1.165, 1.54) is 0 Å². The number of benzene rings is 2. The molecule has 0 aliphatic heterocycles. The lowest BCUT2D eigenvalue weighted by molar-refractivity contribution is 0.102. The fraction of sp³-hybridized carbons (Fsp3) is 0.150. The molecule has 0 saturated carbocycles. The number of carbonyl (C=O) groups excluding carboxylic acids is 1. The Hall–Kier alpha value is -3.21. The molecule has 126 valence electrons. The van der Waals surface area contributed by atoms with Crippen molar-refractivity contribution in [1.29, 1.82) is 0 Å². The summed E-state index contributed by atoms with van der Waals surface area (Å²) in [5, 5.41) is 14.3. The summed E-state index contributed by atoms with van der Waals surface area (Å²) >= 11 is 0. The summed E-state index contributed by atoms with van der Waals surface area (Å²) in [6.45, 7) is 4.00. The Balaban J connectivity index is 1.66. The first-order chi connectivity index (χ1) is 12.1. The molecule has 1 atom stereocenters. The van der Waals surface area contributed by atoms with E-state index in [-0.39, 0.29) is 17.6 Å². The number of anilines is 2. The molecule has 5 heteroatoms. The minimum Gasteiger partial charge on any atom is -0.362 e. The van der Waals surface area contributed by atoms with Crippen LogP contribution in [0.15, 0.2) is 66.7 Å². The van der Waals surface area contributed by atoms with Crippen LogP contribution in [0.1, 0.15) is 34.6 Å². The average molecular weight is 332 g/mol. The third-order valence-electron chi connectivity index (χ3n) is 3.95. The number of amides is 1. The molecule has 0 saturated heterocycles. The van der Waals surface area contributed by atoms with E-state index in [0.717, 1.165) is 16.8 Å². The molecule has 3 rings (SSSR count). The number of hydrogen-bond donors (Lipinski definition) is 2. The van der Waals surface area contributed by atoms with Crippen LogP contribution in [-0.4, -0.2) is 16.1 Å². The zero-order chi connectivity index (χ0) is 17.6. The molecule has 25 heavy (non-hydrogen) atoms. The monoisotopic (exact) mass is 332 g/mol. The maximum absolute atomic E-state index is 12.3. The number of nitrogens with one attached hydrogen (secondary N) is 2. The number of para-hydroxylation sites is 1. The molecule has 1 heterocycles. The lowest BCUT2D eigenvalue weighted by Crippen LogP contribution is -2.16. The first-order valence-corrected chi connectivity index (χ1v) is 8.15. The molecule has 0 bridgehead atoms. The smallest absolute Gasteiger partial charge is 0.276 e. The molecule has 1 unspecified atom stereocenters. The van der Waals surface area contributed by atoms with Crippen LogP contribution in [0.25, 0.3) is 0 Å². The van der Waals surface area contributed by atoms with E-state index < -0.39 is 0 Å². The van der Waals surface area contributed by atoms with Crippen LogP contribution < -0.4 is 10.6 Å². The van der Waals surface area contributed by atoms with Crippen LogP contribution in [0, 0.1) is 6.92 Å². The van der Waals surface area contributed by atoms with Gasteiger partial charge < -0.3 is 10.6 Å². The summed E-state index contributed by atoms with van der Waals surface area (Å²) in [6, 6.07) is 21.2. The van der Waals surface area contributed by atoms with Crippen molar-refractivity contribution in [1.82, 2.24) is 10.2 Å². The van der Waals surface area contributed by atoms with Crippen molar-refractivity contribution in [3.8, 4) is 0 Å². The molecule has 0 fully saturated rings. The van der Waals surface area contributed by atoms with Crippen molar-refractivity contribution in [2.75, 3.05) is 10.6 Å². The third kappa shape index (κ3) is 4.20. The lowest BCUT2D eigenvalue weighted by atomic mass is 10.1. The van der Waals surface area contributed by atoms with Gasteiger partial charge in [-0.2, -0.15) is 0 Å². The number of carbonyl (C=O) groups is 1. The summed E-state index contributed by atoms with van der Waals surface area (Å²) in [7, 11) is 0. The van der Waals surface area contributed by atoms with Crippen molar-refractivity contribution in [3.05, 3.63) is 83.6 Å². The standard InChI is InChI=1S/C20H20N4O/c1-14-8-6-7-11-17(14)22-20(25)18-12-13-19(24-23-18)21-15(2)16-9-4-3-5-10-16/h3-13,15H,1-2H3,(H,21,24)(H,22,25). The Labute approximate surface area is 147 Å². The predicted octanol–water partition coefficient (Wildman–Crippen LogP) is 4.21. The zero-order valence-corrected chi connectivity index (χ0v) is 14.2. The van der Waals surface area contributed by atoms with Gasteiger partial charge in [0, 0.05) is 11.7 Å². The summed E-state index contributed by atoms with van der Waals surface area (Å²) in [5.74, 6) is 0.355. The number of aryl methyl sites for hydroxylation is 1. The minimum absolute atomic E-state index is 0.0992. The number of rotatable bonds is 5. The van der Waals surface area contributed by atoms with Gasteiger partial charge in [-0.3, -0.25) is 4.79 Å². The van der Waals surface area contributed by atoms with Crippen LogP contribution in [0.2, 0.25) is 0 Å². The second kappa shape index (κ2) is 7.57. The van der Waals surface area contributed by atoms with Crippen LogP contribution >= 0.6 is 0 Å². The summed E-state index contributed by atoms with van der Waals surface area (Å²) in [5.41, 5.74) is 3.21. The van der Waals surface area contributed by atoms with Crippen LogP contribution in [-0.2, 0) is 0 Å². The predicted molar refractivity (Wildman–Crippen MR) is 99.6 cm³/mol. The van der Waals surface area contributed by atoms with Crippen molar-refractivity contribution < 1.29 is 4.79 Å². The van der Waals surface area contributed by atoms with Crippen molar-refractivity contribution in [2.45, 2.75) is 19.9 Å². The van der Waals surface area contributed by atoms with Gasteiger partial charge in [-0.05, 0) is 43.2 Å². The SMILES string of the molecule is Cc1ccccc1NC(=O)c1ccc(NC(C)c2ccccc2)nn1. The summed E-state index contributed by atoms with van der Waals surface area (Å²) in [4.78, 5) is 12.3. The number of aromatic nitrogens is 2. The molecule has 0 aliphatic rings. The van der Waals surface area contributed by atoms with Gasteiger partial charge in [-0.15, -0.1) is 10.2 Å². The highest BCUT2D eigenvalue weighted by molar-refractivity contribution is 6.03. The highest BCUT2D eigenvalue weighted by Crippen LogP contribution is 2.17. The molecular weight excluding hydrogens is 312 g/mol. The van der Waals surface area contributed by atoms with Gasteiger partial charge in [0.05, 0.1) is 0 Å². The maximum Gasteiger partial charge on any atom is 0.276 e. The molecule has 1 amide bonds. The Morgan fingerprint density at radius 3 is 2.32 bits per heavy atom. The van der Waals surface area contributed by atoms with E-state index in [0.29, 0.717) is 5.82 Å². The molecule has 0 aliphatic carbocycles. The Morgan fingerprint density at radius 2 is 1.64 bits per heavy atom. The van der Waals surface area contributed by atoms with E-state index in [1.807, 2.05) is 49.4 Å². The van der Waals surface area contributed by atoms with Crippen molar-refractivity contribution in [2.24, 2.45) is 0 Å². The zero-order valence-electron chi connectivity index (χ0n) is 14.2. The fourth-order valence-electron chi connectivity index (χ4n) is 2.48. The van der Waals surface area contributed by atoms with E-state index in [1.54, 1.807) is 12.1 Å². The molecule has 2 aromatic carbocycles. The first-order valence-electron chi connectivity index (χ1n) is 8.15. The van der Waals surface area contributed by atoms with Gasteiger partial charge in [-0.1, -0.05) is 48.5 Å². The van der Waals surface area contributed by atoms with E-state index in [9.17, 15) is 4.79 Å². The van der Waals surface area contributed by atoms with Gasteiger partial charge in [0.2, 0.25) is 0 Å². The molecule has 5 nitrogen and oxygen atoms in total. The largest absolute Gasteiger partial charge is 0.362 e. The van der Waals surface area contributed by atoms with Gasteiger partial charge in [-0.25, -0.2) is 0 Å². The topological polar surface area (TPSA) is 66.9 Å². The number of nitrogens with zero attached hydrogens (tertiary/aromatic N) is 2. The van der Waals surface area contributed by atoms with Crippen LogP contribution in [0.5, 0.6) is 0 Å². The van der Waals surface area contributed by atoms with E-state index in [4.69, 9.17) is 0 Å². The Kier molecular flexibility index (Phi) is 5.04. The van der Waals surface area contributed by atoms with Gasteiger partial charge in [0.25, 0.3) is 5.91 Å². The van der Waals surface area contributed by atoms with Crippen LogP contribution in [0.4, 0.5) is 11.5 Å². The molecule has 0 spiro atoms. The average Bonchev–Trinajstić information content (AvgIpc) is 2.65. The summed E-state index contributed by atoms with van der Waals surface area (Å²) in [6.07, 6.45) is 0. The molecular formula is C20H20N4O. The Morgan fingerprint density at radius 1 is 0.920 bits per heavy atom. The van der Waals surface area contributed by atoms with Crippen molar-refractivity contribution >= 4 is 17.4 Å². The number of hydrogen-bond acceptors (Lipinski definition) is 4. The Bertz CT molecular complexity index is 847. The molecule has 0 radical (unpaired) electrons. The second-order valence-electron chi connectivity index (χ2n) is 5.85.